The second-order valence-corrected chi connectivity index (χ2v) is 3.82. The van der Waals surface area contributed by atoms with Crippen LogP contribution in [0, 0.1) is 0 Å². The molecule has 1 atom stereocenters. The Morgan fingerprint density at radius 2 is 2.00 bits per heavy atom. The first-order chi connectivity index (χ1) is 6.77. The van der Waals surface area contributed by atoms with Gasteiger partial charge in [-0.25, -0.2) is 9.97 Å². The Bertz CT molecular complexity index is 287. The molecule has 0 amide bonds. The van der Waals surface area contributed by atoms with Gasteiger partial charge in [-0.2, -0.15) is 0 Å². The minimum absolute atomic E-state index is 0.576. The summed E-state index contributed by atoms with van der Waals surface area (Å²) >= 11 is 0. The molecule has 14 heavy (non-hydrogen) atoms. The molecule has 1 aromatic heterocycles. The van der Waals surface area contributed by atoms with Crippen molar-refractivity contribution >= 4 is 5.95 Å². The molecule has 0 aliphatic carbocycles. The molecule has 2 heterocycles. The van der Waals surface area contributed by atoms with E-state index in [1.807, 2.05) is 6.07 Å². The van der Waals surface area contributed by atoms with E-state index in [1.165, 1.54) is 0 Å². The Hall–Kier alpha value is -1.16. The van der Waals surface area contributed by atoms with E-state index in [2.05, 4.69) is 33.7 Å². The highest BCUT2D eigenvalue weighted by molar-refractivity contribution is 5.29. The first-order valence-electron chi connectivity index (χ1n) is 4.99. The summed E-state index contributed by atoms with van der Waals surface area (Å²) in [6.07, 6.45) is 3.59. The average Bonchev–Trinajstić information content (AvgIpc) is 2.23. The van der Waals surface area contributed by atoms with Crippen LogP contribution in [0.2, 0.25) is 0 Å². The number of aromatic nitrogens is 2. The van der Waals surface area contributed by atoms with Crippen molar-refractivity contribution in [3.05, 3.63) is 18.5 Å². The van der Waals surface area contributed by atoms with Gasteiger partial charge >= 0.3 is 0 Å². The Morgan fingerprint density at radius 3 is 2.64 bits per heavy atom. The van der Waals surface area contributed by atoms with Gasteiger partial charge < -0.3 is 9.80 Å². The molecular formula is C10H16N4. The number of hydrogen-bond donors (Lipinski definition) is 0. The first kappa shape index (κ1) is 9.40. The zero-order valence-corrected chi connectivity index (χ0v) is 8.72. The lowest BCUT2D eigenvalue weighted by molar-refractivity contribution is 0.233. The molecule has 0 radical (unpaired) electrons. The molecular weight excluding hydrogens is 176 g/mol. The number of rotatable bonds is 1. The van der Waals surface area contributed by atoms with Crippen LogP contribution in [-0.4, -0.2) is 47.6 Å². The van der Waals surface area contributed by atoms with Gasteiger partial charge in [0.25, 0.3) is 0 Å². The summed E-state index contributed by atoms with van der Waals surface area (Å²) in [4.78, 5) is 13.1. The molecule has 1 saturated heterocycles. The molecule has 4 nitrogen and oxygen atoms in total. The fourth-order valence-electron chi connectivity index (χ4n) is 1.68. The molecule has 2 rings (SSSR count). The van der Waals surface area contributed by atoms with Crippen molar-refractivity contribution in [3.63, 3.8) is 0 Å². The van der Waals surface area contributed by atoms with Crippen molar-refractivity contribution in [3.8, 4) is 0 Å². The summed E-state index contributed by atoms with van der Waals surface area (Å²) in [6, 6.07) is 2.43. The van der Waals surface area contributed by atoms with E-state index < -0.39 is 0 Å². The van der Waals surface area contributed by atoms with Gasteiger partial charge in [0.15, 0.2) is 0 Å². The summed E-state index contributed by atoms with van der Waals surface area (Å²) in [5.41, 5.74) is 0. The van der Waals surface area contributed by atoms with Crippen molar-refractivity contribution in [2.24, 2.45) is 0 Å². The Kier molecular flexibility index (Phi) is 2.63. The lowest BCUT2D eigenvalue weighted by atomic mass is 10.2. The van der Waals surface area contributed by atoms with E-state index in [0.717, 1.165) is 25.6 Å². The van der Waals surface area contributed by atoms with Crippen molar-refractivity contribution in [1.82, 2.24) is 14.9 Å². The standard InChI is InChI=1S/C10H16N4/c1-9-8-14(7-6-13(9)2)10-11-4-3-5-12-10/h3-5,9H,6-8H2,1-2H3. The molecule has 1 aliphatic heterocycles. The van der Waals surface area contributed by atoms with Crippen LogP contribution in [0.15, 0.2) is 18.5 Å². The van der Waals surface area contributed by atoms with Gasteiger partial charge in [-0.1, -0.05) is 0 Å². The van der Waals surface area contributed by atoms with E-state index in [1.54, 1.807) is 12.4 Å². The smallest absolute Gasteiger partial charge is 0.225 e. The maximum atomic E-state index is 4.26. The van der Waals surface area contributed by atoms with Crippen LogP contribution in [0.4, 0.5) is 5.95 Å². The van der Waals surface area contributed by atoms with Crippen molar-refractivity contribution < 1.29 is 0 Å². The minimum atomic E-state index is 0.576. The molecule has 76 valence electrons. The zero-order chi connectivity index (χ0) is 9.97. The number of likely N-dealkylation sites (N-methyl/N-ethyl adjacent to an activating group) is 1. The van der Waals surface area contributed by atoms with Crippen LogP contribution in [0.3, 0.4) is 0 Å². The fraction of sp³-hybridized carbons (Fsp3) is 0.600. The molecule has 1 unspecified atom stereocenters. The largest absolute Gasteiger partial charge is 0.338 e. The monoisotopic (exact) mass is 192 g/mol. The van der Waals surface area contributed by atoms with Gasteiger partial charge in [-0.15, -0.1) is 0 Å². The maximum Gasteiger partial charge on any atom is 0.225 e. The molecule has 0 saturated carbocycles. The molecule has 0 aromatic carbocycles. The number of piperazine rings is 1. The van der Waals surface area contributed by atoms with Crippen LogP contribution >= 0.6 is 0 Å². The number of anilines is 1. The molecule has 1 aliphatic rings. The highest BCUT2D eigenvalue weighted by Gasteiger charge is 2.21. The van der Waals surface area contributed by atoms with Crippen LogP contribution in [0.5, 0.6) is 0 Å². The summed E-state index contributed by atoms with van der Waals surface area (Å²) < 4.78 is 0. The lowest BCUT2D eigenvalue weighted by Gasteiger charge is -2.37. The predicted octanol–water partition coefficient (Wildman–Crippen LogP) is 0.617. The minimum Gasteiger partial charge on any atom is -0.338 e. The fourth-order valence-corrected chi connectivity index (χ4v) is 1.68. The van der Waals surface area contributed by atoms with Gasteiger partial charge in [-0.3, -0.25) is 0 Å². The Labute approximate surface area is 84.6 Å². The second-order valence-electron chi connectivity index (χ2n) is 3.82. The number of hydrogen-bond acceptors (Lipinski definition) is 4. The Morgan fingerprint density at radius 1 is 1.29 bits per heavy atom. The topological polar surface area (TPSA) is 32.3 Å². The van der Waals surface area contributed by atoms with Crippen LogP contribution < -0.4 is 4.90 Å². The summed E-state index contributed by atoms with van der Waals surface area (Å²) in [6.45, 7) is 5.35. The summed E-state index contributed by atoms with van der Waals surface area (Å²) in [7, 11) is 2.16. The van der Waals surface area contributed by atoms with E-state index in [-0.39, 0.29) is 0 Å². The number of nitrogens with zero attached hydrogens (tertiary/aromatic N) is 4. The van der Waals surface area contributed by atoms with Gasteiger partial charge in [0.2, 0.25) is 5.95 Å². The predicted molar refractivity (Wildman–Crippen MR) is 56.3 cm³/mol. The molecule has 1 aromatic rings. The van der Waals surface area contributed by atoms with Crippen LogP contribution in [-0.2, 0) is 0 Å². The normalized spacial score (nSPS) is 23.9. The maximum absolute atomic E-state index is 4.26. The lowest BCUT2D eigenvalue weighted by Crippen LogP contribution is -2.50. The highest BCUT2D eigenvalue weighted by Crippen LogP contribution is 2.12. The van der Waals surface area contributed by atoms with E-state index >= 15 is 0 Å². The highest BCUT2D eigenvalue weighted by atomic mass is 15.3. The first-order valence-corrected chi connectivity index (χ1v) is 4.99. The van der Waals surface area contributed by atoms with Crippen molar-refractivity contribution in [1.29, 1.82) is 0 Å². The SMILES string of the molecule is CC1CN(c2ncccn2)CCN1C. The van der Waals surface area contributed by atoms with E-state index in [4.69, 9.17) is 0 Å². The molecule has 0 N–H and O–H groups in total. The van der Waals surface area contributed by atoms with E-state index in [0.29, 0.717) is 6.04 Å². The van der Waals surface area contributed by atoms with Gasteiger partial charge in [0.1, 0.15) is 0 Å². The Balaban J connectivity index is 2.07. The summed E-state index contributed by atoms with van der Waals surface area (Å²) in [5, 5.41) is 0. The molecule has 0 bridgehead atoms. The zero-order valence-electron chi connectivity index (χ0n) is 8.72. The quantitative estimate of drug-likeness (QED) is 0.653. The van der Waals surface area contributed by atoms with Gasteiger partial charge in [0.05, 0.1) is 0 Å². The average molecular weight is 192 g/mol. The third kappa shape index (κ3) is 1.85. The summed E-state index contributed by atoms with van der Waals surface area (Å²) in [5.74, 6) is 0.854. The molecule has 1 fully saturated rings. The van der Waals surface area contributed by atoms with Crippen molar-refractivity contribution in [2.45, 2.75) is 13.0 Å². The molecule has 4 heteroatoms. The third-order valence-electron chi connectivity index (χ3n) is 2.79. The second kappa shape index (κ2) is 3.92. The molecule has 0 spiro atoms. The van der Waals surface area contributed by atoms with Gasteiger partial charge in [0, 0.05) is 38.1 Å². The van der Waals surface area contributed by atoms with Gasteiger partial charge in [-0.05, 0) is 20.0 Å². The van der Waals surface area contributed by atoms with Crippen LogP contribution in [0.1, 0.15) is 6.92 Å². The third-order valence-corrected chi connectivity index (χ3v) is 2.79. The van der Waals surface area contributed by atoms with Crippen molar-refractivity contribution in [2.75, 3.05) is 31.6 Å². The van der Waals surface area contributed by atoms with Crippen LogP contribution in [0.25, 0.3) is 0 Å². The van der Waals surface area contributed by atoms with E-state index in [9.17, 15) is 0 Å².